The zero-order valence-corrected chi connectivity index (χ0v) is 13.2. The summed E-state index contributed by atoms with van der Waals surface area (Å²) in [6.07, 6.45) is 1.25. The second-order valence-electron chi connectivity index (χ2n) is 3.33. The minimum atomic E-state index is -4.17. The molecule has 8 heteroatoms. The summed E-state index contributed by atoms with van der Waals surface area (Å²) in [5.41, 5.74) is 0. The lowest BCUT2D eigenvalue weighted by Gasteiger charge is -2.00. The lowest BCUT2D eigenvalue weighted by molar-refractivity contribution is -0.116. The smallest absolute Gasteiger partial charge is 0.353 e. The summed E-state index contributed by atoms with van der Waals surface area (Å²) in [5, 5.41) is 2.54. The Morgan fingerprint density at radius 1 is 1.37 bits per heavy atom. The molecule has 0 rings (SSSR count). The van der Waals surface area contributed by atoms with E-state index < -0.39 is 10.4 Å². The number of carbonyl (C=O) groups is 1. The maximum atomic E-state index is 10.2. The third kappa shape index (κ3) is 38.2. The predicted molar refractivity (Wildman–Crippen MR) is 76.3 cm³/mol. The van der Waals surface area contributed by atoms with Gasteiger partial charge >= 0.3 is 10.4 Å². The van der Waals surface area contributed by atoms with Gasteiger partial charge in [0.25, 0.3) is 0 Å². The highest BCUT2D eigenvalue weighted by Crippen LogP contribution is 1.81. The summed E-state index contributed by atoms with van der Waals surface area (Å²) in [7, 11) is -0.0631. The van der Waals surface area contributed by atoms with Crippen LogP contribution in [0.5, 0.6) is 0 Å². The van der Waals surface area contributed by atoms with Crippen LogP contribution in [-0.2, 0) is 19.4 Å². The quantitative estimate of drug-likeness (QED) is 0.573. The number of likely N-dealkylation sites (N-methyl/N-ethyl adjacent to an activating group) is 1. The summed E-state index contributed by atoms with van der Waals surface area (Å²) in [4.78, 5) is 12.3. The SMILES string of the molecule is C=CC(=O)NCC.CCN(C)C.CCOS(=O)(=O)O. The molecule has 0 aromatic rings. The van der Waals surface area contributed by atoms with Crippen LogP contribution < -0.4 is 5.32 Å². The molecular formula is C11H26N2O5S. The van der Waals surface area contributed by atoms with Crippen molar-refractivity contribution in [3.63, 3.8) is 0 Å². The van der Waals surface area contributed by atoms with E-state index in [9.17, 15) is 13.2 Å². The summed E-state index contributed by atoms with van der Waals surface area (Å²) in [5.74, 6) is -0.109. The average molecular weight is 298 g/mol. The van der Waals surface area contributed by atoms with Gasteiger partial charge in [-0.15, -0.1) is 0 Å². The molecule has 1 amide bonds. The number of carbonyl (C=O) groups excluding carboxylic acids is 1. The number of hydrogen-bond acceptors (Lipinski definition) is 5. The van der Waals surface area contributed by atoms with Gasteiger partial charge in [0.1, 0.15) is 0 Å². The first-order valence-electron chi connectivity index (χ1n) is 5.81. The van der Waals surface area contributed by atoms with Gasteiger partial charge in [0.15, 0.2) is 0 Å². The van der Waals surface area contributed by atoms with E-state index in [2.05, 4.69) is 42.0 Å². The second-order valence-corrected chi connectivity index (χ2v) is 4.42. The molecule has 19 heavy (non-hydrogen) atoms. The molecule has 0 heterocycles. The van der Waals surface area contributed by atoms with Crippen molar-refractivity contribution in [3.05, 3.63) is 12.7 Å². The molecule has 0 saturated heterocycles. The molecule has 0 aliphatic carbocycles. The van der Waals surface area contributed by atoms with Crippen LogP contribution in [-0.4, -0.2) is 57.6 Å². The molecule has 0 atom stereocenters. The monoisotopic (exact) mass is 298 g/mol. The first kappa shape index (κ1) is 23.2. The van der Waals surface area contributed by atoms with Crippen molar-refractivity contribution in [1.82, 2.24) is 10.2 Å². The lowest BCUT2D eigenvalue weighted by Crippen LogP contribution is -2.19. The van der Waals surface area contributed by atoms with Crippen molar-refractivity contribution < 1.29 is 21.9 Å². The van der Waals surface area contributed by atoms with Crippen molar-refractivity contribution in [1.29, 1.82) is 0 Å². The van der Waals surface area contributed by atoms with Crippen LogP contribution in [0.25, 0.3) is 0 Å². The van der Waals surface area contributed by atoms with Gasteiger partial charge in [-0.1, -0.05) is 13.5 Å². The predicted octanol–water partition coefficient (Wildman–Crippen LogP) is 0.702. The molecule has 0 spiro atoms. The Kier molecular flexibility index (Phi) is 18.4. The molecule has 7 nitrogen and oxygen atoms in total. The Morgan fingerprint density at radius 3 is 1.84 bits per heavy atom. The number of rotatable bonds is 5. The molecule has 0 aliphatic heterocycles. The molecule has 0 saturated carbocycles. The third-order valence-corrected chi connectivity index (χ3v) is 1.97. The number of hydrogen-bond donors (Lipinski definition) is 2. The van der Waals surface area contributed by atoms with Gasteiger partial charge < -0.3 is 10.2 Å². The minimum absolute atomic E-state index is 0.0289. The van der Waals surface area contributed by atoms with Crippen molar-refractivity contribution in [3.8, 4) is 0 Å². The summed E-state index contributed by atoms with van der Waals surface area (Å²) < 4.78 is 30.7. The van der Waals surface area contributed by atoms with Gasteiger partial charge in [-0.2, -0.15) is 8.42 Å². The maximum Gasteiger partial charge on any atom is 0.397 e. The zero-order chi connectivity index (χ0) is 15.9. The standard InChI is InChI=1S/C5H9NO.C4H11N.C2H6O4S/c1-3-5(7)6-4-2;1-4-5(2)3;1-2-6-7(3,4)5/h3H,1,4H2,2H3,(H,6,7);4H2,1-3H3;2H2,1H3,(H,3,4,5). The Labute approximate surface area is 116 Å². The molecule has 116 valence electrons. The molecule has 0 bridgehead atoms. The molecule has 2 N–H and O–H groups in total. The Bertz CT molecular complexity index is 315. The lowest BCUT2D eigenvalue weighted by atomic mass is 10.6. The topological polar surface area (TPSA) is 95.9 Å². The first-order valence-corrected chi connectivity index (χ1v) is 7.17. The van der Waals surface area contributed by atoms with Gasteiger partial charge in [0.05, 0.1) is 6.61 Å². The fourth-order valence-electron chi connectivity index (χ4n) is 0.395. The number of nitrogens with one attached hydrogen (secondary N) is 1. The fourth-order valence-corrected chi connectivity index (χ4v) is 0.693. The van der Waals surface area contributed by atoms with Crippen LogP contribution in [0.3, 0.4) is 0 Å². The van der Waals surface area contributed by atoms with Crippen LogP contribution in [0.1, 0.15) is 20.8 Å². The molecule has 0 aromatic carbocycles. The zero-order valence-electron chi connectivity index (χ0n) is 12.3. The van der Waals surface area contributed by atoms with Gasteiger partial charge in [-0.25, -0.2) is 4.18 Å². The molecule has 0 aromatic heterocycles. The van der Waals surface area contributed by atoms with Crippen LogP contribution >= 0.6 is 0 Å². The molecular weight excluding hydrogens is 272 g/mol. The van der Waals surface area contributed by atoms with Gasteiger partial charge in [0, 0.05) is 6.54 Å². The van der Waals surface area contributed by atoms with Crippen LogP contribution in [0.2, 0.25) is 0 Å². The van der Waals surface area contributed by atoms with Crippen LogP contribution in [0.4, 0.5) is 0 Å². The van der Waals surface area contributed by atoms with E-state index in [0.717, 1.165) is 6.54 Å². The molecule has 0 radical (unpaired) electrons. The summed E-state index contributed by atoms with van der Waals surface area (Å²) >= 11 is 0. The van der Waals surface area contributed by atoms with E-state index in [4.69, 9.17) is 4.55 Å². The van der Waals surface area contributed by atoms with E-state index >= 15 is 0 Å². The Hall–Kier alpha value is -0.960. The van der Waals surface area contributed by atoms with Gasteiger partial charge in [0.2, 0.25) is 5.91 Å². The summed E-state index contributed by atoms with van der Waals surface area (Å²) in [6, 6.07) is 0. The highest BCUT2D eigenvalue weighted by molar-refractivity contribution is 7.80. The maximum absolute atomic E-state index is 10.2. The van der Waals surface area contributed by atoms with Crippen molar-refractivity contribution in [2.75, 3.05) is 33.8 Å². The third-order valence-electron chi connectivity index (χ3n) is 1.44. The van der Waals surface area contributed by atoms with Gasteiger partial charge in [-0.3, -0.25) is 9.35 Å². The number of nitrogens with zero attached hydrogens (tertiary/aromatic N) is 1. The Morgan fingerprint density at radius 2 is 1.79 bits per heavy atom. The largest absolute Gasteiger partial charge is 0.397 e. The van der Waals surface area contributed by atoms with Crippen molar-refractivity contribution >= 4 is 16.3 Å². The van der Waals surface area contributed by atoms with E-state index in [0.29, 0.717) is 6.54 Å². The molecule has 0 aliphatic rings. The highest BCUT2D eigenvalue weighted by atomic mass is 32.3. The minimum Gasteiger partial charge on any atom is -0.353 e. The van der Waals surface area contributed by atoms with Gasteiger partial charge in [-0.05, 0) is 40.6 Å². The average Bonchev–Trinajstić information content (AvgIpc) is 2.29. The van der Waals surface area contributed by atoms with Crippen LogP contribution in [0, 0.1) is 0 Å². The Balaban J connectivity index is -0.000000206. The number of amides is 1. The fraction of sp³-hybridized carbons (Fsp3) is 0.727. The molecule has 0 fully saturated rings. The van der Waals surface area contributed by atoms with E-state index in [1.165, 1.54) is 13.0 Å². The van der Waals surface area contributed by atoms with E-state index in [1.807, 2.05) is 6.92 Å². The first-order chi connectivity index (χ1) is 8.64. The van der Waals surface area contributed by atoms with Crippen molar-refractivity contribution in [2.45, 2.75) is 20.8 Å². The second kappa shape index (κ2) is 15.1. The van der Waals surface area contributed by atoms with Crippen molar-refractivity contribution in [2.24, 2.45) is 0 Å². The van der Waals surface area contributed by atoms with E-state index in [-0.39, 0.29) is 12.5 Å². The summed E-state index contributed by atoms with van der Waals surface area (Å²) in [6.45, 7) is 10.5. The highest BCUT2D eigenvalue weighted by Gasteiger charge is 1.98. The normalized spacial score (nSPS) is 9.63. The van der Waals surface area contributed by atoms with Crippen LogP contribution in [0.15, 0.2) is 12.7 Å². The molecule has 0 unspecified atom stereocenters. The van der Waals surface area contributed by atoms with E-state index in [1.54, 1.807) is 0 Å².